The molecule has 0 aliphatic rings. The third-order valence-electron chi connectivity index (χ3n) is 2.46. The molecule has 3 nitrogen and oxygen atoms in total. The predicted molar refractivity (Wildman–Crippen MR) is 61.5 cm³/mol. The molecule has 0 aliphatic carbocycles. The lowest BCUT2D eigenvalue weighted by Gasteiger charge is -2.12. The van der Waals surface area contributed by atoms with Crippen molar-refractivity contribution >= 4 is 5.91 Å². The molecule has 0 fully saturated rings. The number of hydrogen-bond acceptors (Lipinski definition) is 1. The van der Waals surface area contributed by atoms with Gasteiger partial charge in [0.15, 0.2) is 0 Å². The fourth-order valence-electron chi connectivity index (χ4n) is 1.49. The molecule has 0 radical (unpaired) electrons. The quantitative estimate of drug-likeness (QED) is 0.730. The van der Waals surface area contributed by atoms with Crippen LogP contribution in [0.25, 0.3) is 0 Å². The summed E-state index contributed by atoms with van der Waals surface area (Å²) in [5, 5.41) is 2.85. The standard InChI is InChI=1S/C12H18N2O/c1-4-12(15)13-10(2)7-8-11-6-5-9-14(11)3/h4-6,9-10H,1,7-8H2,2-3H3,(H,13,15)/t10-/m0/s1. The molecule has 0 bridgehead atoms. The van der Waals surface area contributed by atoms with Crippen LogP contribution in [0.5, 0.6) is 0 Å². The molecule has 0 unspecified atom stereocenters. The summed E-state index contributed by atoms with van der Waals surface area (Å²) in [4.78, 5) is 11.0. The summed E-state index contributed by atoms with van der Waals surface area (Å²) >= 11 is 0. The van der Waals surface area contributed by atoms with Crippen molar-refractivity contribution in [1.82, 2.24) is 9.88 Å². The van der Waals surface area contributed by atoms with Gasteiger partial charge in [-0.15, -0.1) is 0 Å². The van der Waals surface area contributed by atoms with E-state index in [9.17, 15) is 4.79 Å². The Hall–Kier alpha value is -1.51. The van der Waals surface area contributed by atoms with Crippen LogP contribution in [-0.4, -0.2) is 16.5 Å². The first-order valence-corrected chi connectivity index (χ1v) is 5.16. The van der Waals surface area contributed by atoms with Crippen LogP contribution in [0.2, 0.25) is 0 Å². The first-order chi connectivity index (χ1) is 7.13. The lowest BCUT2D eigenvalue weighted by molar-refractivity contribution is -0.117. The average Bonchev–Trinajstić information content (AvgIpc) is 2.61. The van der Waals surface area contributed by atoms with E-state index in [1.807, 2.05) is 26.2 Å². The van der Waals surface area contributed by atoms with Gasteiger partial charge >= 0.3 is 0 Å². The van der Waals surface area contributed by atoms with Crippen LogP contribution in [0.15, 0.2) is 31.0 Å². The second-order valence-corrected chi connectivity index (χ2v) is 3.76. The van der Waals surface area contributed by atoms with Crippen LogP contribution in [0.1, 0.15) is 19.0 Å². The van der Waals surface area contributed by atoms with Crippen LogP contribution in [0.4, 0.5) is 0 Å². The molecule has 0 saturated carbocycles. The van der Waals surface area contributed by atoms with Gasteiger partial charge in [0.2, 0.25) is 5.91 Å². The predicted octanol–water partition coefficient (Wildman–Crippen LogP) is 1.65. The number of amides is 1. The van der Waals surface area contributed by atoms with Crippen molar-refractivity contribution in [1.29, 1.82) is 0 Å². The van der Waals surface area contributed by atoms with E-state index < -0.39 is 0 Å². The number of nitrogens with one attached hydrogen (secondary N) is 1. The fraction of sp³-hybridized carbons (Fsp3) is 0.417. The minimum Gasteiger partial charge on any atom is -0.354 e. The topological polar surface area (TPSA) is 34.0 Å². The highest BCUT2D eigenvalue weighted by Gasteiger charge is 2.05. The van der Waals surface area contributed by atoms with Crippen molar-refractivity contribution in [2.75, 3.05) is 0 Å². The molecule has 1 amide bonds. The van der Waals surface area contributed by atoms with E-state index >= 15 is 0 Å². The fourth-order valence-corrected chi connectivity index (χ4v) is 1.49. The summed E-state index contributed by atoms with van der Waals surface area (Å²) in [7, 11) is 2.03. The van der Waals surface area contributed by atoms with Crippen LogP contribution in [-0.2, 0) is 18.3 Å². The molecular weight excluding hydrogens is 188 g/mol. The molecule has 1 heterocycles. The van der Waals surface area contributed by atoms with E-state index in [-0.39, 0.29) is 11.9 Å². The second kappa shape index (κ2) is 5.39. The van der Waals surface area contributed by atoms with Gasteiger partial charge in [-0.3, -0.25) is 4.79 Å². The smallest absolute Gasteiger partial charge is 0.243 e. The molecule has 82 valence electrons. The summed E-state index contributed by atoms with van der Waals surface area (Å²) < 4.78 is 2.10. The van der Waals surface area contributed by atoms with E-state index in [0.717, 1.165) is 12.8 Å². The molecule has 15 heavy (non-hydrogen) atoms. The maximum absolute atomic E-state index is 11.0. The van der Waals surface area contributed by atoms with Crippen LogP contribution in [0, 0.1) is 0 Å². The Morgan fingerprint density at radius 3 is 3.00 bits per heavy atom. The normalized spacial score (nSPS) is 12.1. The number of hydrogen-bond donors (Lipinski definition) is 1. The van der Waals surface area contributed by atoms with Gasteiger partial charge in [-0.1, -0.05) is 6.58 Å². The maximum Gasteiger partial charge on any atom is 0.243 e. The van der Waals surface area contributed by atoms with Gasteiger partial charge in [0, 0.05) is 25.0 Å². The minimum atomic E-state index is -0.102. The minimum absolute atomic E-state index is 0.102. The molecule has 3 heteroatoms. The Morgan fingerprint density at radius 2 is 2.47 bits per heavy atom. The molecular formula is C12H18N2O. The highest BCUT2D eigenvalue weighted by atomic mass is 16.1. The summed E-state index contributed by atoms with van der Waals surface area (Å²) in [6.45, 7) is 5.43. The molecule has 0 aliphatic heterocycles. The third kappa shape index (κ3) is 3.62. The zero-order valence-electron chi connectivity index (χ0n) is 9.36. The Labute approximate surface area is 90.8 Å². The third-order valence-corrected chi connectivity index (χ3v) is 2.46. The highest BCUT2D eigenvalue weighted by Crippen LogP contribution is 2.05. The Bertz CT molecular complexity index is 341. The van der Waals surface area contributed by atoms with Crippen LogP contribution in [0.3, 0.4) is 0 Å². The Morgan fingerprint density at radius 1 is 1.73 bits per heavy atom. The van der Waals surface area contributed by atoms with E-state index in [1.54, 1.807) is 0 Å². The number of aromatic nitrogens is 1. The lowest BCUT2D eigenvalue weighted by atomic mass is 10.1. The van der Waals surface area contributed by atoms with Crippen molar-refractivity contribution < 1.29 is 4.79 Å². The molecule has 1 N–H and O–H groups in total. The SMILES string of the molecule is C=CC(=O)N[C@@H](C)CCc1cccn1C. The Kier molecular flexibility index (Phi) is 4.16. The maximum atomic E-state index is 11.0. The first kappa shape index (κ1) is 11.6. The largest absolute Gasteiger partial charge is 0.354 e. The van der Waals surface area contributed by atoms with Crippen LogP contribution < -0.4 is 5.32 Å². The lowest BCUT2D eigenvalue weighted by Crippen LogP contribution is -2.31. The van der Waals surface area contributed by atoms with Gasteiger partial charge in [0.05, 0.1) is 0 Å². The van der Waals surface area contributed by atoms with E-state index in [4.69, 9.17) is 0 Å². The van der Waals surface area contributed by atoms with Gasteiger partial charge in [0.25, 0.3) is 0 Å². The summed E-state index contributed by atoms with van der Waals surface area (Å²) in [6, 6.07) is 4.31. The van der Waals surface area contributed by atoms with Crippen molar-refractivity contribution in [2.45, 2.75) is 25.8 Å². The van der Waals surface area contributed by atoms with E-state index in [2.05, 4.69) is 22.5 Å². The zero-order chi connectivity index (χ0) is 11.3. The second-order valence-electron chi connectivity index (χ2n) is 3.76. The van der Waals surface area contributed by atoms with Gasteiger partial charge in [0.1, 0.15) is 0 Å². The summed E-state index contributed by atoms with van der Waals surface area (Å²) in [6.07, 6.45) is 5.25. The van der Waals surface area contributed by atoms with Gasteiger partial charge < -0.3 is 9.88 Å². The molecule has 1 aromatic heterocycles. The molecule has 0 spiro atoms. The first-order valence-electron chi connectivity index (χ1n) is 5.16. The number of carbonyl (C=O) groups is 1. The molecule has 1 aromatic rings. The van der Waals surface area contributed by atoms with Crippen molar-refractivity contribution in [3.05, 3.63) is 36.7 Å². The Balaban J connectivity index is 2.34. The van der Waals surface area contributed by atoms with Gasteiger partial charge in [-0.05, 0) is 38.0 Å². The van der Waals surface area contributed by atoms with E-state index in [0.29, 0.717) is 0 Å². The molecule has 0 saturated heterocycles. The number of aryl methyl sites for hydroxylation is 2. The molecule has 1 atom stereocenters. The number of carbonyl (C=O) groups excluding carboxylic acids is 1. The van der Waals surface area contributed by atoms with Crippen LogP contribution >= 0.6 is 0 Å². The highest BCUT2D eigenvalue weighted by molar-refractivity contribution is 5.87. The van der Waals surface area contributed by atoms with E-state index in [1.165, 1.54) is 11.8 Å². The summed E-state index contributed by atoms with van der Waals surface area (Å²) in [5.41, 5.74) is 1.29. The molecule has 0 aromatic carbocycles. The number of nitrogens with zero attached hydrogens (tertiary/aromatic N) is 1. The van der Waals surface area contributed by atoms with Crippen molar-refractivity contribution in [3.8, 4) is 0 Å². The molecule has 1 rings (SSSR count). The van der Waals surface area contributed by atoms with Gasteiger partial charge in [-0.2, -0.15) is 0 Å². The number of rotatable bonds is 5. The average molecular weight is 206 g/mol. The summed E-state index contributed by atoms with van der Waals surface area (Å²) in [5.74, 6) is -0.102. The van der Waals surface area contributed by atoms with Crippen molar-refractivity contribution in [3.63, 3.8) is 0 Å². The zero-order valence-corrected chi connectivity index (χ0v) is 9.36. The van der Waals surface area contributed by atoms with Gasteiger partial charge in [-0.25, -0.2) is 0 Å². The monoisotopic (exact) mass is 206 g/mol. The van der Waals surface area contributed by atoms with Crippen molar-refractivity contribution in [2.24, 2.45) is 7.05 Å².